The van der Waals surface area contributed by atoms with Gasteiger partial charge >= 0.3 is 0 Å². The van der Waals surface area contributed by atoms with Gasteiger partial charge in [-0.15, -0.1) is 0 Å². The van der Waals surface area contributed by atoms with Gasteiger partial charge in [-0.25, -0.2) is 0 Å². The predicted octanol–water partition coefficient (Wildman–Crippen LogP) is 2.08. The van der Waals surface area contributed by atoms with E-state index in [4.69, 9.17) is 21.1 Å². The number of aryl methyl sites for hydroxylation is 1. The van der Waals surface area contributed by atoms with E-state index in [2.05, 4.69) is 5.32 Å². The van der Waals surface area contributed by atoms with Crippen LogP contribution < -0.4 is 5.32 Å². The van der Waals surface area contributed by atoms with E-state index in [1.54, 1.807) is 7.11 Å². The number of rotatable bonds is 8. The summed E-state index contributed by atoms with van der Waals surface area (Å²) in [4.78, 5) is 0. The van der Waals surface area contributed by atoms with Crippen molar-refractivity contribution in [1.29, 1.82) is 0 Å². The normalized spacial score (nSPS) is 12.4. The fourth-order valence-corrected chi connectivity index (χ4v) is 1.54. The summed E-state index contributed by atoms with van der Waals surface area (Å²) in [5.74, 6) is 0. The number of halogens is 1. The highest BCUT2D eigenvalue weighted by Gasteiger charge is 2.04. The molecule has 18 heavy (non-hydrogen) atoms. The summed E-state index contributed by atoms with van der Waals surface area (Å²) in [6.45, 7) is 3.69. The van der Waals surface area contributed by atoms with Crippen LogP contribution in [0.3, 0.4) is 0 Å². The molecule has 0 amide bonds. The van der Waals surface area contributed by atoms with Gasteiger partial charge in [0.15, 0.2) is 0 Å². The zero-order valence-electron chi connectivity index (χ0n) is 10.8. The molecule has 1 rings (SSSR count). The second-order valence-electron chi connectivity index (χ2n) is 4.07. The van der Waals surface area contributed by atoms with E-state index in [1.165, 1.54) is 0 Å². The summed E-state index contributed by atoms with van der Waals surface area (Å²) in [6.07, 6.45) is -0.554. The number of nitrogens with one attached hydrogen (secondary N) is 1. The Labute approximate surface area is 113 Å². The third kappa shape index (κ3) is 5.69. The molecule has 0 aliphatic rings. The van der Waals surface area contributed by atoms with Gasteiger partial charge in [0.25, 0.3) is 0 Å². The Balaban J connectivity index is 2.24. The second kappa shape index (κ2) is 8.32. The number of ether oxygens (including phenoxy) is 2. The van der Waals surface area contributed by atoms with Gasteiger partial charge in [-0.3, -0.25) is 0 Å². The molecule has 1 atom stereocenters. The maximum atomic E-state index is 9.67. The van der Waals surface area contributed by atoms with Crippen LogP contribution in [-0.4, -0.2) is 44.7 Å². The minimum absolute atomic E-state index is 0.288. The third-order valence-electron chi connectivity index (χ3n) is 2.46. The Bertz CT molecular complexity index is 360. The van der Waals surface area contributed by atoms with Gasteiger partial charge < -0.3 is 19.9 Å². The molecule has 0 aliphatic carbocycles. The van der Waals surface area contributed by atoms with E-state index in [-0.39, 0.29) is 6.61 Å². The molecule has 1 aromatic rings. The molecule has 4 nitrogen and oxygen atoms in total. The van der Waals surface area contributed by atoms with Gasteiger partial charge in [-0.1, -0.05) is 17.7 Å². The van der Waals surface area contributed by atoms with Crippen LogP contribution in [0.1, 0.15) is 5.56 Å². The highest BCUT2D eigenvalue weighted by atomic mass is 35.5. The average molecular weight is 274 g/mol. The van der Waals surface area contributed by atoms with Crippen LogP contribution in [-0.2, 0) is 9.47 Å². The first kappa shape index (κ1) is 15.2. The quantitative estimate of drug-likeness (QED) is 0.712. The van der Waals surface area contributed by atoms with Crippen LogP contribution in [0, 0.1) is 6.92 Å². The predicted molar refractivity (Wildman–Crippen MR) is 73.4 cm³/mol. The lowest BCUT2D eigenvalue weighted by atomic mass is 10.2. The number of methoxy groups -OCH3 is 1. The molecular weight excluding hydrogens is 254 g/mol. The van der Waals surface area contributed by atoms with Crippen molar-refractivity contribution in [3.63, 3.8) is 0 Å². The van der Waals surface area contributed by atoms with E-state index < -0.39 is 6.10 Å². The standard InChI is InChI=1S/C13H20ClNO3/c1-10-3-4-11(7-13(10)14)15-8-12(16)9-18-6-5-17-2/h3-4,7,12,15-16H,5-6,8-9H2,1-2H3. The molecular formula is C13H20ClNO3. The summed E-state index contributed by atoms with van der Waals surface area (Å²) >= 11 is 6.01. The van der Waals surface area contributed by atoms with E-state index in [9.17, 15) is 5.11 Å². The molecule has 5 heteroatoms. The van der Waals surface area contributed by atoms with Gasteiger partial charge in [0.2, 0.25) is 0 Å². The molecule has 102 valence electrons. The molecule has 0 heterocycles. The Morgan fingerprint density at radius 1 is 1.39 bits per heavy atom. The molecule has 0 radical (unpaired) electrons. The highest BCUT2D eigenvalue weighted by molar-refractivity contribution is 6.31. The van der Waals surface area contributed by atoms with Crippen molar-refractivity contribution in [3.8, 4) is 0 Å². The molecule has 0 saturated heterocycles. The Kier molecular flexibility index (Phi) is 7.05. The summed E-state index contributed by atoms with van der Waals surface area (Å²) in [7, 11) is 1.61. The Morgan fingerprint density at radius 2 is 2.17 bits per heavy atom. The number of hydrogen-bond acceptors (Lipinski definition) is 4. The van der Waals surface area contributed by atoms with Crippen molar-refractivity contribution < 1.29 is 14.6 Å². The van der Waals surface area contributed by atoms with Crippen LogP contribution in [0.25, 0.3) is 0 Å². The first-order valence-electron chi connectivity index (χ1n) is 5.88. The zero-order valence-corrected chi connectivity index (χ0v) is 11.5. The number of aliphatic hydroxyl groups is 1. The van der Waals surface area contributed by atoms with Gasteiger partial charge in [-0.2, -0.15) is 0 Å². The first-order valence-corrected chi connectivity index (χ1v) is 6.26. The van der Waals surface area contributed by atoms with Gasteiger partial charge in [0.05, 0.1) is 25.9 Å². The van der Waals surface area contributed by atoms with E-state index >= 15 is 0 Å². The fraction of sp³-hybridized carbons (Fsp3) is 0.538. The van der Waals surface area contributed by atoms with Crippen LogP contribution in [0.2, 0.25) is 5.02 Å². The number of anilines is 1. The molecule has 0 aromatic heterocycles. The molecule has 0 saturated carbocycles. The topological polar surface area (TPSA) is 50.7 Å². The largest absolute Gasteiger partial charge is 0.389 e. The molecule has 0 spiro atoms. The minimum Gasteiger partial charge on any atom is -0.389 e. The van der Waals surface area contributed by atoms with Crippen LogP contribution in [0.4, 0.5) is 5.69 Å². The molecule has 0 fully saturated rings. The lowest BCUT2D eigenvalue weighted by Gasteiger charge is -2.13. The van der Waals surface area contributed by atoms with Crippen LogP contribution in [0.15, 0.2) is 18.2 Å². The van der Waals surface area contributed by atoms with Crippen LogP contribution >= 0.6 is 11.6 Å². The molecule has 2 N–H and O–H groups in total. The Morgan fingerprint density at radius 3 is 2.83 bits per heavy atom. The third-order valence-corrected chi connectivity index (χ3v) is 2.86. The summed E-state index contributed by atoms with van der Waals surface area (Å²) in [5, 5.41) is 13.5. The SMILES string of the molecule is COCCOCC(O)CNc1ccc(C)c(Cl)c1. The van der Waals surface area contributed by atoms with Gasteiger partial charge in [0, 0.05) is 24.4 Å². The Hall–Kier alpha value is -0.810. The number of hydrogen-bond donors (Lipinski definition) is 2. The van der Waals surface area contributed by atoms with E-state index in [1.807, 2.05) is 25.1 Å². The fourth-order valence-electron chi connectivity index (χ4n) is 1.36. The highest BCUT2D eigenvalue weighted by Crippen LogP contribution is 2.19. The van der Waals surface area contributed by atoms with Crippen molar-refractivity contribution in [2.75, 3.05) is 38.8 Å². The lowest BCUT2D eigenvalue weighted by molar-refractivity contribution is 0.0182. The number of aliphatic hydroxyl groups excluding tert-OH is 1. The van der Waals surface area contributed by atoms with Crippen molar-refractivity contribution >= 4 is 17.3 Å². The molecule has 0 bridgehead atoms. The average Bonchev–Trinajstić information content (AvgIpc) is 2.36. The van der Waals surface area contributed by atoms with Crippen molar-refractivity contribution in [2.24, 2.45) is 0 Å². The zero-order chi connectivity index (χ0) is 13.4. The summed E-state index contributed by atoms with van der Waals surface area (Å²) < 4.78 is 10.1. The lowest BCUT2D eigenvalue weighted by Crippen LogP contribution is -2.25. The maximum absolute atomic E-state index is 9.67. The van der Waals surface area contributed by atoms with Gasteiger partial charge in [-0.05, 0) is 24.6 Å². The number of benzene rings is 1. The maximum Gasteiger partial charge on any atom is 0.0945 e. The molecule has 0 aliphatic heterocycles. The summed E-state index contributed by atoms with van der Waals surface area (Å²) in [6, 6.07) is 5.71. The van der Waals surface area contributed by atoms with Crippen LogP contribution in [0.5, 0.6) is 0 Å². The smallest absolute Gasteiger partial charge is 0.0945 e. The van der Waals surface area contributed by atoms with E-state index in [0.717, 1.165) is 11.3 Å². The van der Waals surface area contributed by atoms with E-state index in [0.29, 0.717) is 24.8 Å². The molecule has 1 unspecified atom stereocenters. The van der Waals surface area contributed by atoms with Crippen molar-refractivity contribution in [2.45, 2.75) is 13.0 Å². The first-order chi connectivity index (χ1) is 8.63. The second-order valence-corrected chi connectivity index (χ2v) is 4.47. The summed E-state index contributed by atoms with van der Waals surface area (Å²) in [5.41, 5.74) is 1.92. The minimum atomic E-state index is -0.554. The van der Waals surface area contributed by atoms with Crippen molar-refractivity contribution in [3.05, 3.63) is 28.8 Å². The van der Waals surface area contributed by atoms with Gasteiger partial charge in [0.1, 0.15) is 0 Å². The molecule has 1 aromatic carbocycles. The monoisotopic (exact) mass is 273 g/mol. The van der Waals surface area contributed by atoms with Crippen molar-refractivity contribution in [1.82, 2.24) is 0 Å².